The molecule has 0 radical (unpaired) electrons. The summed E-state index contributed by atoms with van der Waals surface area (Å²) in [6.07, 6.45) is 9.69. The van der Waals surface area contributed by atoms with Crippen LogP contribution < -0.4 is 15.0 Å². The lowest BCUT2D eigenvalue weighted by Crippen LogP contribution is -2.47. The summed E-state index contributed by atoms with van der Waals surface area (Å²) in [6, 6.07) is 15.7. The van der Waals surface area contributed by atoms with Gasteiger partial charge in [0.15, 0.2) is 0 Å². The number of amides is 2. The Morgan fingerprint density at radius 3 is 2.36 bits per heavy atom. The molecule has 1 fully saturated rings. The van der Waals surface area contributed by atoms with Crippen molar-refractivity contribution in [1.29, 1.82) is 0 Å². The molecular formula is C26H28N4O3. The van der Waals surface area contributed by atoms with Crippen LogP contribution in [0.25, 0.3) is 0 Å². The van der Waals surface area contributed by atoms with Gasteiger partial charge in [-0.25, -0.2) is 4.98 Å². The van der Waals surface area contributed by atoms with E-state index in [-0.39, 0.29) is 17.6 Å². The number of para-hydroxylation sites is 1. The lowest BCUT2D eigenvalue weighted by atomic mass is 9.94. The second-order valence-electron chi connectivity index (χ2n) is 8.12. The Morgan fingerprint density at radius 1 is 1.00 bits per heavy atom. The molecule has 1 heterocycles. The number of nitrogens with zero attached hydrogens (tertiary/aromatic N) is 3. The summed E-state index contributed by atoms with van der Waals surface area (Å²) in [5.41, 5.74) is 1.46. The molecule has 33 heavy (non-hydrogen) atoms. The number of aromatic nitrogens is 2. The highest BCUT2D eigenvalue weighted by Gasteiger charge is 2.35. The standard InChI is InChI=1S/C26H28N4O3/c1-33-22-14-12-19(13-15-22)24(25(31)29-20-8-4-2-5-9-20)30(21-10-6-3-7-11-21)26(32)23-18-27-16-17-28-23/h3,6-7,10-18,20,24H,2,4-5,8-9H2,1H3,(H,29,31)/t24-/m1/s1. The van der Waals surface area contributed by atoms with Gasteiger partial charge in [0.05, 0.1) is 13.3 Å². The maximum atomic E-state index is 13.7. The van der Waals surface area contributed by atoms with Gasteiger partial charge in [-0.3, -0.25) is 19.5 Å². The number of methoxy groups -OCH3 is 1. The van der Waals surface area contributed by atoms with Crippen molar-refractivity contribution in [3.63, 3.8) is 0 Å². The van der Waals surface area contributed by atoms with Crippen molar-refractivity contribution in [2.75, 3.05) is 12.0 Å². The molecule has 0 saturated heterocycles. The summed E-state index contributed by atoms with van der Waals surface area (Å²) >= 11 is 0. The van der Waals surface area contributed by atoms with Gasteiger partial charge in [0, 0.05) is 24.1 Å². The van der Waals surface area contributed by atoms with Gasteiger partial charge in [-0.05, 0) is 42.7 Å². The first-order valence-corrected chi connectivity index (χ1v) is 11.3. The zero-order valence-electron chi connectivity index (χ0n) is 18.7. The molecule has 170 valence electrons. The number of rotatable bonds is 7. The third kappa shape index (κ3) is 5.37. The van der Waals surface area contributed by atoms with Gasteiger partial charge in [0.1, 0.15) is 17.5 Å². The Morgan fingerprint density at radius 2 is 1.73 bits per heavy atom. The van der Waals surface area contributed by atoms with Crippen LogP contribution in [-0.4, -0.2) is 34.9 Å². The van der Waals surface area contributed by atoms with Crippen LogP contribution in [0, 0.1) is 0 Å². The molecule has 2 amide bonds. The van der Waals surface area contributed by atoms with Gasteiger partial charge in [-0.2, -0.15) is 0 Å². The Kier molecular flexibility index (Phi) is 7.29. The van der Waals surface area contributed by atoms with E-state index in [0.29, 0.717) is 17.0 Å². The lowest BCUT2D eigenvalue weighted by Gasteiger charge is -2.33. The molecule has 0 aliphatic heterocycles. The summed E-state index contributed by atoms with van der Waals surface area (Å²) in [6.45, 7) is 0. The van der Waals surface area contributed by atoms with Crippen molar-refractivity contribution in [2.45, 2.75) is 44.2 Å². The molecule has 1 N–H and O–H groups in total. The Labute approximate surface area is 193 Å². The second-order valence-corrected chi connectivity index (χ2v) is 8.12. The quantitative estimate of drug-likeness (QED) is 0.587. The average molecular weight is 445 g/mol. The zero-order valence-corrected chi connectivity index (χ0v) is 18.7. The number of ether oxygens (including phenoxy) is 1. The lowest BCUT2D eigenvalue weighted by molar-refractivity contribution is -0.123. The van der Waals surface area contributed by atoms with Crippen LogP contribution in [0.5, 0.6) is 5.75 Å². The molecular weight excluding hydrogens is 416 g/mol. The van der Waals surface area contributed by atoms with Crippen molar-refractivity contribution >= 4 is 17.5 Å². The van der Waals surface area contributed by atoms with Crippen LogP contribution in [0.15, 0.2) is 73.2 Å². The summed E-state index contributed by atoms with van der Waals surface area (Å²) in [5, 5.41) is 3.20. The topological polar surface area (TPSA) is 84.4 Å². The summed E-state index contributed by atoms with van der Waals surface area (Å²) in [7, 11) is 1.59. The van der Waals surface area contributed by atoms with E-state index in [1.54, 1.807) is 19.2 Å². The third-order valence-electron chi connectivity index (χ3n) is 5.93. The highest BCUT2D eigenvalue weighted by atomic mass is 16.5. The fourth-order valence-corrected chi connectivity index (χ4v) is 4.24. The predicted molar refractivity (Wildman–Crippen MR) is 126 cm³/mol. The highest BCUT2D eigenvalue weighted by molar-refractivity contribution is 6.09. The Bertz CT molecular complexity index is 1050. The van der Waals surface area contributed by atoms with E-state index in [2.05, 4.69) is 15.3 Å². The summed E-state index contributed by atoms with van der Waals surface area (Å²) in [5.74, 6) is 0.0683. The van der Waals surface area contributed by atoms with Gasteiger partial charge in [-0.1, -0.05) is 49.6 Å². The van der Waals surface area contributed by atoms with Crippen LogP contribution >= 0.6 is 0 Å². The van der Waals surface area contributed by atoms with Crippen LogP contribution in [0.2, 0.25) is 0 Å². The van der Waals surface area contributed by atoms with Crippen LogP contribution in [0.3, 0.4) is 0 Å². The molecule has 0 spiro atoms. The number of carbonyl (C=O) groups excluding carboxylic acids is 2. The maximum Gasteiger partial charge on any atom is 0.279 e. The second kappa shape index (κ2) is 10.7. The molecule has 3 aromatic rings. The molecule has 0 unspecified atom stereocenters. The molecule has 1 aromatic heterocycles. The van der Waals surface area contributed by atoms with Gasteiger partial charge in [0.25, 0.3) is 5.91 Å². The number of hydrogen-bond donors (Lipinski definition) is 1. The first kappa shape index (κ1) is 22.5. The van der Waals surface area contributed by atoms with E-state index in [0.717, 1.165) is 25.7 Å². The molecule has 1 aliphatic carbocycles. The molecule has 1 aliphatic rings. The number of anilines is 1. The molecule has 1 saturated carbocycles. The summed E-state index contributed by atoms with van der Waals surface area (Å²) < 4.78 is 5.29. The minimum absolute atomic E-state index is 0.108. The molecule has 1 atom stereocenters. The number of carbonyl (C=O) groups is 2. The molecule has 2 aromatic carbocycles. The van der Waals surface area contributed by atoms with Gasteiger partial charge < -0.3 is 10.1 Å². The van der Waals surface area contributed by atoms with E-state index in [1.165, 1.54) is 29.9 Å². The Balaban J connectivity index is 1.77. The smallest absolute Gasteiger partial charge is 0.279 e. The van der Waals surface area contributed by atoms with E-state index in [1.807, 2.05) is 42.5 Å². The monoisotopic (exact) mass is 444 g/mol. The maximum absolute atomic E-state index is 13.7. The molecule has 7 heteroatoms. The molecule has 4 rings (SSSR count). The molecule has 0 bridgehead atoms. The number of hydrogen-bond acceptors (Lipinski definition) is 5. The Hall–Kier alpha value is -3.74. The fraction of sp³-hybridized carbons (Fsp3) is 0.308. The van der Waals surface area contributed by atoms with Gasteiger partial charge in [0.2, 0.25) is 5.91 Å². The minimum Gasteiger partial charge on any atom is -0.497 e. The zero-order chi connectivity index (χ0) is 23.0. The van der Waals surface area contributed by atoms with Gasteiger partial charge in [-0.15, -0.1) is 0 Å². The SMILES string of the molecule is COc1ccc([C@H](C(=O)NC2CCCCC2)N(C(=O)c2cnccn2)c2ccccc2)cc1. The van der Waals surface area contributed by atoms with Crippen molar-refractivity contribution in [2.24, 2.45) is 0 Å². The van der Waals surface area contributed by atoms with Crippen molar-refractivity contribution in [3.05, 3.63) is 84.4 Å². The van der Waals surface area contributed by atoms with E-state index in [9.17, 15) is 9.59 Å². The van der Waals surface area contributed by atoms with Crippen LogP contribution in [-0.2, 0) is 4.79 Å². The third-order valence-corrected chi connectivity index (χ3v) is 5.93. The van der Waals surface area contributed by atoms with Gasteiger partial charge >= 0.3 is 0 Å². The fourth-order valence-electron chi connectivity index (χ4n) is 4.24. The van der Waals surface area contributed by atoms with Crippen molar-refractivity contribution < 1.29 is 14.3 Å². The average Bonchev–Trinajstić information content (AvgIpc) is 2.88. The van der Waals surface area contributed by atoms with Crippen molar-refractivity contribution in [3.8, 4) is 5.75 Å². The number of benzene rings is 2. The molecule has 7 nitrogen and oxygen atoms in total. The summed E-state index contributed by atoms with van der Waals surface area (Å²) in [4.78, 5) is 37.2. The first-order chi connectivity index (χ1) is 16.2. The van der Waals surface area contributed by atoms with E-state index < -0.39 is 11.9 Å². The van der Waals surface area contributed by atoms with E-state index in [4.69, 9.17) is 4.74 Å². The normalized spacial score (nSPS) is 14.8. The largest absolute Gasteiger partial charge is 0.497 e. The van der Waals surface area contributed by atoms with E-state index >= 15 is 0 Å². The minimum atomic E-state index is -0.880. The van der Waals surface area contributed by atoms with Crippen LogP contribution in [0.4, 0.5) is 5.69 Å². The van der Waals surface area contributed by atoms with Crippen LogP contribution in [0.1, 0.15) is 54.2 Å². The van der Waals surface area contributed by atoms with Crippen molar-refractivity contribution in [1.82, 2.24) is 15.3 Å². The predicted octanol–water partition coefficient (Wildman–Crippen LogP) is 4.32. The number of nitrogens with one attached hydrogen (secondary N) is 1. The highest BCUT2D eigenvalue weighted by Crippen LogP contribution is 2.31. The first-order valence-electron chi connectivity index (χ1n) is 11.3.